The van der Waals surface area contributed by atoms with Crippen LogP contribution >= 0.6 is 0 Å². The minimum Gasteiger partial charge on any atom is -0.406 e. The van der Waals surface area contributed by atoms with Crippen molar-refractivity contribution in [1.29, 1.82) is 0 Å². The number of alkyl halides is 3. The van der Waals surface area contributed by atoms with E-state index in [1.165, 1.54) is 18.2 Å². The van der Waals surface area contributed by atoms with Gasteiger partial charge >= 0.3 is 6.36 Å². The van der Waals surface area contributed by atoms with E-state index in [1.807, 2.05) is 32.2 Å². The number of hydrogen-bond acceptors (Lipinski definition) is 5. The largest absolute Gasteiger partial charge is 0.573 e. The van der Waals surface area contributed by atoms with Crippen molar-refractivity contribution in [3.63, 3.8) is 0 Å². The standard InChI is InChI=1S/C23H27F3N4O2/c1-21(2,31)22(3)11-9-16(10-12-22)27-17-7-8-19-28-29-20(30(19)14-17)15-5-4-6-18(13-15)32-23(24,25)26/h4-8,13-14,16,27,31H,9-12H2,1-3H3. The highest BCUT2D eigenvalue weighted by atomic mass is 19.4. The molecular weight excluding hydrogens is 421 g/mol. The highest BCUT2D eigenvalue weighted by Gasteiger charge is 2.42. The van der Waals surface area contributed by atoms with Crippen molar-refractivity contribution >= 4 is 11.3 Å². The second kappa shape index (κ2) is 7.95. The molecule has 0 atom stereocenters. The molecule has 6 nitrogen and oxygen atoms in total. The second-order valence-electron chi connectivity index (χ2n) is 9.28. The lowest BCUT2D eigenvalue weighted by atomic mass is 9.65. The van der Waals surface area contributed by atoms with Crippen molar-refractivity contribution in [2.75, 3.05) is 5.32 Å². The fourth-order valence-corrected chi connectivity index (χ4v) is 4.25. The third-order valence-electron chi connectivity index (χ3n) is 6.67. The van der Waals surface area contributed by atoms with Gasteiger partial charge in [-0.15, -0.1) is 23.4 Å². The highest BCUT2D eigenvalue weighted by molar-refractivity contribution is 5.63. The molecule has 9 heteroatoms. The van der Waals surface area contributed by atoms with Crippen molar-refractivity contribution in [2.45, 2.75) is 64.5 Å². The third-order valence-corrected chi connectivity index (χ3v) is 6.67. The lowest BCUT2D eigenvalue weighted by molar-refractivity contribution is -0.274. The molecule has 0 amide bonds. The number of ether oxygens (including phenoxy) is 1. The Morgan fingerprint density at radius 3 is 2.50 bits per heavy atom. The minimum absolute atomic E-state index is 0.111. The molecule has 1 aliphatic carbocycles. The number of benzene rings is 1. The Kier molecular flexibility index (Phi) is 5.56. The van der Waals surface area contributed by atoms with Crippen LogP contribution in [-0.4, -0.2) is 37.7 Å². The molecule has 2 N–H and O–H groups in total. The number of hydrogen-bond donors (Lipinski definition) is 2. The van der Waals surface area contributed by atoms with Crippen LogP contribution in [0.5, 0.6) is 5.75 Å². The zero-order chi connectivity index (χ0) is 23.1. The summed E-state index contributed by atoms with van der Waals surface area (Å²) in [5.74, 6) is 0.118. The van der Waals surface area contributed by atoms with Crippen LogP contribution in [0.25, 0.3) is 17.0 Å². The zero-order valence-corrected chi connectivity index (χ0v) is 18.3. The summed E-state index contributed by atoms with van der Waals surface area (Å²) in [4.78, 5) is 0. The topological polar surface area (TPSA) is 71.7 Å². The molecule has 1 saturated carbocycles. The lowest BCUT2D eigenvalue weighted by Gasteiger charge is -2.45. The molecule has 0 aliphatic heterocycles. The second-order valence-corrected chi connectivity index (χ2v) is 9.28. The number of anilines is 1. The monoisotopic (exact) mass is 448 g/mol. The van der Waals surface area contributed by atoms with Crippen molar-refractivity contribution in [3.05, 3.63) is 42.6 Å². The smallest absolute Gasteiger partial charge is 0.406 e. The van der Waals surface area contributed by atoms with E-state index in [2.05, 4.69) is 27.2 Å². The van der Waals surface area contributed by atoms with Gasteiger partial charge in [0.05, 0.1) is 11.3 Å². The summed E-state index contributed by atoms with van der Waals surface area (Å²) in [7, 11) is 0. The van der Waals surface area contributed by atoms with E-state index in [9.17, 15) is 18.3 Å². The van der Waals surface area contributed by atoms with Crippen LogP contribution in [0.15, 0.2) is 42.6 Å². The van der Waals surface area contributed by atoms with Crippen molar-refractivity contribution in [1.82, 2.24) is 14.6 Å². The van der Waals surface area contributed by atoms with Crippen molar-refractivity contribution < 1.29 is 23.0 Å². The van der Waals surface area contributed by atoms with Crippen LogP contribution < -0.4 is 10.1 Å². The van der Waals surface area contributed by atoms with Crippen LogP contribution in [0, 0.1) is 5.41 Å². The molecule has 0 saturated heterocycles. The molecule has 0 radical (unpaired) electrons. The van der Waals surface area contributed by atoms with Gasteiger partial charge in [-0.05, 0) is 69.2 Å². The van der Waals surface area contributed by atoms with Crippen LogP contribution in [-0.2, 0) is 0 Å². The fourth-order valence-electron chi connectivity index (χ4n) is 4.25. The number of halogens is 3. The van der Waals surface area contributed by atoms with E-state index in [1.54, 1.807) is 10.5 Å². The SMILES string of the molecule is CC(C)(O)C1(C)CCC(Nc2ccc3nnc(-c4cccc(OC(F)(F)F)c4)n3c2)CC1. The van der Waals surface area contributed by atoms with Crippen LogP contribution in [0.4, 0.5) is 18.9 Å². The van der Waals surface area contributed by atoms with E-state index < -0.39 is 12.0 Å². The maximum absolute atomic E-state index is 12.6. The first kappa shape index (κ1) is 22.4. The molecule has 0 bridgehead atoms. The summed E-state index contributed by atoms with van der Waals surface area (Å²) in [5, 5.41) is 22.3. The van der Waals surface area contributed by atoms with Crippen LogP contribution in [0.3, 0.4) is 0 Å². The van der Waals surface area contributed by atoms with Gasteiger partial charge in [0.2, 0.25) is 0 Å². The Hall–Kier alpha value is -2.81. The number of aliphatic hydroxyl groups is 1. The summed E-state index contributed by atoms with van der Waals surface area (Å²) in [6, 6.07) is 9.70. The predicted octanol–water partition coefficient (Wildman–Crippen LogP) is 5.43. The van der Waals surface area contributed by atoms with E-state index >= 15 is 0 Å². The van der Waals surface area contributed by atoms with E-state index in [0.29, 0.717) is 17.0 Å². The van der Waals surface area contributed by atoms with Gasteiger partial charge in [-0.25, -0.2) is 0 Å². The average Bonchev–Trinajstić information content (AvgIpc) is 3.11. The minimum atomic E-state index is -4.76. The van der Waals surface area contributed by atoms with Crippen LogP contribution in [0.2, 0.25) is 0 Å². The van der Waals surface area contributed by atoms with Crippen LogP contribution in [0.1, 0.15) is 46.5 Å². The first-order valence-corrected chi connectivity index (χ1v) is 10.6. The average molecular weight is 448 g/mol. The molecule has 32 heavy (non-hydrogen) atoms. The fraction of sp³-hybridized carbons (Fsp3) is 0.478. The van der Waals surface area contributed by atoms with Crippen molar-refractivity contribution in [2.24, 2.45) is 5.41 Å². The van der Waals surface area contributed by atoms with Gasteiger partial charge in [-0.2, -0.15) is 0 Å². The summed E-state index contributed by atoms with van der Waals surface area (Å²) in [5.41, 5.74) is 1.10. The van der Waals surface area contributed by atoms with Gasteiger partial charge in [0.25, 0.3) is 0 Å². The molecule has 172 valence electrons. The zero-order valence-electron chi connectivity index (χ0n) is 18.3. The van der Waals surface area contributed by atoms with Gasteiger partial charge in [0.1, 0.15) is 5.75 Å². The van der Waals surface area contributed by atoms with E-state index in [-0.39, 0.29) is 17.2 Å². The summed E-state index contributed by atoms with van der Waals surface area (Å²) in [6.07, 6.45) is 0.797. The van der Waals surface area contributed by atoms with Gasteiger partial charge < -0.3 is 15.2 Å². The number of nitrogens with zero attached hydrogens (tertiary/aromatic N) is 3. The van der Waals surface area contributed by atoms with Crippen molar-refractivity contribution in [3.8, 4) is 17.1 Å². The first-order valence-electron chi connectivity index (χ1n) is 10.6. The molecule has 1 fully saturated rings. The number of fused-ring (bicyclic) bond motifs is 1. The molecule has 0 spiro atoms. The van der Waals surface area contributed by atoms with Gasteiger partial charge in [-0.1, -0.05) is 19.1 Å². The Morgan fingerprint density at radius 1 is 1.12 bits per heavy atom. The quantitative estimate of drug-likeness (QED) is 0.545. The maximum Gasteiger partial charge on any atom is 0.573 e. The number of rotatable bonds is 5. The molecule has 1 aromatic carbocycles. The molecule has 0 unspecified atom stereocenters. The number of pyridine rings is 1. The van der Waals surface area contributed by atoms with E-state index in [0.717, 1.165) is 31.4 Å². The Bertz CT molecular complexity index is 1100. The molecule has 3 aromatic rings. The first-order chi connectivity index (χ1) is 14.9. The van der Waals surface area contributed by atoms with Gasteiger partial charge in [0.15, 0.2) is 11.5 Å². The Balaban J connectivity index is 1.54. The van der Waals surface area contributed by atoms with Gasteiger partial charge in [0, 0.05) is 17.8 Å². The molecule has 4 rings (SSSR count). The molecule has 2 aromatic heterocycles. The third kappa shape index (κ3) is 4.67. The summed E-state index contributed by atoms with van der Waals surface area (Å²) in [6.45, 7) is 5.88. The number of nitrogens with one attached hydrogen (secondary N) is 1. The Labute approximate surface area is 184 Å². The Morgan fingerprint density at radius 2 is 1.84 bits per heavy atom. The summed E-state index contributed by atoms with van der Waals surface area (Å²) >= 11 is 0. The normalized spacial score (nSPS) is 22.2. The summed E-state index contributed by atoms with van der Waals surface area (Å²) < 4.78 is 43.5. The molecule has 1 aliphatic rings. The van der Waals surface area contributed by atoms with E-state index in [4.69, 9.17) is 0 Å². The molecule has 2 heterocycles. The van der Waals surface area contributed by atoms with Gasteiger partial charge in [-0.3, -0.25) is 4.40 Å². The molecular formula is C23H27F3N4O2. The number of aromatic nitrogens is 3. The predicted molar refractivity (Wildman–Crippen MR) is 115 cm³/mol. The highest BCUT2D eigenvalue weighted by Crippen LogP contribution is 2.44. The lowest BCUT2D eigenvalue weighted by Crippen LogP contribution is -2.45. The maximum atomic E-state index is 12.6.